The fourth-order valence-electron chi connectivity index (χ4n) is 2.10. The minimum Gasteiger partial charge on any atom is -0.492 e. The average molecular weight is 319 g/mol. The molecule has 1 aromatic carbocycles. The molecule has 1 aromatic rings. The van der Waals surface area contributed by atoms with E-state index < -0.39 is 0 Å². The van der Waals surface area contributed by atoms with Crippen LogP contribution in [0.5, 0.6) is 5.75 Å². The Morgan fingerprint density at radius 3 is 2.82 bits per heavy atom. The third kappa shape index (κ3) is 4.16. The zero-order valence-electron chi connectivity index (χ0n) is 9.72. The zero-order chi connectivity index (χ0) is 12.1. The molecule has 0 spiro atoms. The molecule has 0 aromatic heterocycles. The van der Waals surface area contributed by atoms with Gasteiger partial charge in [0.25, 0.3) is 0 Å². The molecule has 0 aliphatic carbocycles. The van der Waals surface area contributed by atoms with E-state index in [9.17, 15) is 0 Å². The number of rotatable bonds is 4. The van der Waals surface area contributed by atoms with Crippen LogP contribution in [0.3, 0.4) is 0 Å². The van der Waals surface area contributed by atoms with Crippen LogP contribution in [0.2, 0.25) is 5.02 Å². The monoisotopic (exact) mass is 317 g/mol. The summed E-state index contributed by atoms with van der Waals surface area (Å²) in [5.41, 5.74) is 0. The smallest absolute Gasteiger partial charge is 0.137 e. The Morgan fingerprint density at radius 1 is 1.35 bits per heavy atom. The average Bonchev–Trinajstić information content (AvgIpc) is 2.33. The maximum atomic E-state index is 6.09. The topological polar surface area (TPSA) is 21.3 Å². The Kier molecular flexibility index (Phi) is 5.14. The molecule has 4 heteroatoms. The summed E-state index contributed by atoms with van der Waals surface area (Å²) in [7, 11) is 0. The van der Waals surface area contributed by atoms with Crippen LogP contribution < -0.4 is 10.1 Å². The lowest BCUT2D eigenvalue weighted by Crippen LogP contribution is -2.28. The molecule has 0 bridgehead atoms. The third-order valence-corrected chi connectivity index (χ3v) is 3.92. The van der Waals surface area contributed by atoms with E-state index in [4.69, 9.17) is 16.3 Å². The van der Waals surface area contributed by atoms with Crippen LogP contribution in [0.1, 0.15) is 19.3 Å². The van der Waals surface area contributed by atoms with Gasteiger partial charge in [-0.25, -0.2) is 0 Å². The molecule has 0 atom stereocenters. The van der Waals surface area contributed by atoms with Crippen LogP contribution in [-0.4, -0.2) is 19.7 Å². The van der Waals surface area contributed by atoms with Gasteiger partial charge in [0.1, 0.15) is 5.75 Å². The molecule has 94 valence electrons. The quantitative estimate of drug-likeness (QED) is 0.910. The molecule has 1 saturated heterocycles. The van der Waals surface area contributed by atoms with E-state index >= 15 is 0 Å². The maximum absolute atomic E-state index is 6.09. The second-order valence-corrected chi connectivity index (χ2v) is 5.73. The van der Waals surface area contributed by atoms with E-state index in [1.165, 1.54) is 12.8 Å². The first kappa shape index (κ1) is 13.2. The van der Waals surface area contributed by atoms with Crippen LogP contribution in [0, 0.1) is 5.92 Å². The van der Waals surface area contributed by atoms with Crippen LogP contribution in [0.4, 0.5) is 0 Å². The summed E-state index contributed by atoms with van der Waals surface area (Å²) >= 11 is 9.47. The SMILES string of the molecule is Clc1cc(Br)ccc1OCCC1CCNCC1. The summed E-state index contributed by atoms with van der Waals surface area (Å²) in [5, 5.41) is 4.04. The lowest BCUT2D eigenvalue weighted by molar-refractivity contribution is 0.252. The summed E-state index contributed by atoms with van der Waals surface area (Å²) in [6.45, 7) is 3.04. The second kappa shape index (κ2) is 6.62. The number of hydrogen-bond acceptors (Lipinski definition) is 2. The summed E-state index contributed by atoms with van der Waals surface area (Å²) in [6.07, 6.45) is 3.64. The molecule has 2 nitrogen and oxygen atoms in total. The molecule has 0 unspecified atom stereocenters. The number of halogens is 2. The van der Waals surface area contributed by atoms with Gasteiger partial charge < -0.3 is 10.1 Å². The van der Waals surface area contributed by atoms with Crippen molar-refractivity contribution in [1.29, 1.82) is 0 Å². The Bertz CT molecular complexity index is 366. The van der Waals surface area contributed by atoms with Crippen molar-refractivity contribution in [3.8, 4) is 5.75 Å². The van der Waals surface area contributed by atoms with Gasteiger partial charge in [0, 0.05) is 4.47 Å². The highest BCUT2D eigenvalue weighted by molar-refractivity contribution is 9.10. The molecule has 1 fully saturated rings. The maximum Gasteiger partial charge on any atom is 0.137 e. The molecule has 0 amide bonds. The van der Waals surface area contributed by atoms with E-state index in [1.807, 2.05) is 18.2 Å². The molecular weight excluding hydrogens is 302 g/mol. The molecule has 1 aliphatic rings. The number of piperidine rings is 1. The largest absolute Gasteiger partial charge is 0.492 e. The molecule has 1 aliphatic heterocycles. The Balaban J connectivity index is 1.77. The minimum atomic E-state index is 0.671. The number of ether oxygens (including phenoxy) is 1. The number of hydrogen-bond donors (Lipinski definition) is 1. The minimum absolute atomic E-state index is 0.671. The van der Waals surface area contributed by atoms with Gasteiger partial charge in [-0.3, -0.25) is 0 Å². The number of benzene rings is 1. The van der Waals surface area contributed by atoms with Crippen molar-refractivity contribution in [2.75, 3.05) is 19.7 Å². The van der Waals surface area contributed by atoms with Crippen LogP contribution >= 0.6 is 27.5 Å². The highest BCUT2D eigenvalue weighted by Crippen LogP contribution is 2.28. The first-order valence-electron chi connectivity index (χ1n) is 6.04. The number of nitrogens with one attached hydrogen (secondary N) is 1. The fourth-order valence-corrected chi connectivity index (χ4v) is 2.83. The van der Waals surface area contributed by atoms with Crippen molar-refractivity contribution in [1.82, 2.24) is 5.32 Å². The summed E-state index contributed by atoms with van der Waals surface area (Å²) in [6, 6.07) is 5.72. The van der Waals surface area contributed by atoms with Crippen molar-refractivity contribution in [3.63, 3.8) is 0 Å². The molecule has 0 saturated carbocycles. The highest BCUT2D eigenvalue weighted by atomic mass is 79.9. The highest BCUT2D eigenvalue weighted by Gasteiger charge is 2.13. The van der Waals surface area contributed by atoms with Gasteiger partial charge in [0.15, 0.2) is 0 Å². The van der Waals surface area contributed by atoms with Crippen LogP contribution in [0.25, 0.3) is 0 Å². The summed E-state index contributed by atoms with van der Waals surface area (Å²) < 4.78 is 6.70. The Labute approximate surface area is 116 Å². The van der Waals surface area contributed by atoms with E-state index in [-0.39, 0.29) is 0 Å². The molecular formula is C13H17BrClNO. The first-order valence-corrected chi connectivity index (χ1v) is 7.21. The molecule has 1 heterocycles. The van der Waals surface area contributed by atoms with Gasteiger partial charge in [0.05, 0.1) is 11.6 Å². The standard InChI is InChI=1S/C13H17BrClNO/c14-11-1-2-13(12(15)9-11)17-8-5-10-3-6-16-7-4-10/h1-2,9-10,16H,3-8H2. The summed E-state index contributed by atoms with van der Waals surface area (Å²) in [4.78, 5) is 0. The van der Waals surface area contributed by atoms with Crippen molar-refractivity contribution >= 4 is 27.5 Å². The van der Waals surface area contributed by atoms with Gasteiger partial charge in [0.2, 0.25) is 0 Å². The summed E-state index contributed by atoms with van der Waals surface area (Å²) in [5.74, 6) is 1.58. The normalized spacial score (nSPS) is 17.1. The van der Waals surface area contributed by atoms with Gasteiger partial charge in [-0.05, 0) is 56.5 Å². The van der Waals surface area contributed by atoms with Gasteiger partial charge in [-0.15, -0.1) is 0 Å². The van der Waals surface area contributed by atoms with Crippen molar-refractivity contribution in [2.45, 2.75) is 19.3 Å². The van der Waals surface area contributed by atoms with Gasteiger partial charge in [-0.2, -0.15) is 0 Å². The van der Waals surface area contributed by atoms with E-state index in [0.717, 1.165) is 42.3 Å². The van der Waals surface area contributed by atoms with Crippen molar-refractivity contribution in [3.05, 3.63) is 27.7 Å². The Morgan fingerprint density at radius 2 is 2.12 bits per heavy atom. The predicted molar refractivity (Wildman–Crippen MR) is 74.9 cm³/mol. The van der Waals surface area contributed by atoms with Crippen molar-refractivity contribution in [2.24, 2.45) is 5.92 Å². The van der Waals surface area contributed by atoms with Gasteiger partial charge in [-0.1, -0.05) is 27.5 Å². The van der Waals surface area contributed by atoms with Crippen LogP contribution in [-0.2, 0) is 0 Å². The van der Waals surface area contributed by atoms with Crippen LogP contribution in [0.15, 0.2) is 22.7 Å². The Hall–Kier alpha value is -0.250. The molecule has 2 rings (SSSR count). The first-order chi connectivity index (χ1) is 8.25. The second-order valence-electron chi connectivity index (χ2n) is 4.41. The third-order valence-electron chi connectivity index (χ3n) is 3.14. The lowest BCUT2D eigenvalue weighted by atomic mass is 9.95. The lowest BCUT2D eigenvalue weighted by Gasteiger charge is -2.22. The van der Waals surface area contributed by atoms with E-state index in [0.29, 0.717) is 5.02 Å². The molecule has 17 heavy (non-hydrogen) atoms. The molecule has 1 N–H and O–H groups in total. The van der Waals surface area contributed by atoms with E-state index in [1.54, 1.807) is 0 Å². The van der Waals surface area contributed by atoms with Crippen molar-refractivity contribution < 1.29 is 4.74 Å². The fraction of sp³-hybridized carbons (Fsp3) is 0.538. The van der Waals surface area contributed by atoms with E-state index in [2.05, 4.69) is 21.2 Å². The predicted octanol–water partition coefficient (Wildman–Crippen LogP) is 3.87. The zero-order valence-corrected chi connectivity index (χ0v) is 12.1. The molecule has 0 radical (unpaired) electrons. The van der Waals surface area contributed by atoms with Gasteiger partial charge >= 0.3 is 0 Å².